The van der Waals surface area contributed by atoms with Crippen molar-refractivity contribution in [2.24, 2.45) is 5.73 Å². The summed E-state index contributed by atoms with van der Waals surface area (Å²) in [5, 5.41) is 0. The van der Waals surface area contributed by atoms with Crippen LogP contribution in [0.2, 0.25) is 0 Å². The van der Waals surface area contributed by atoms with Crippen LogP contribution in [0.15, 0.2) is 54.6 Å². The molecule has 0 aliphatic carbocycles. The SMILES string of the molecule is COc1cccc(CN(C)C(=O)CN2C[C@@H](N)[C@H](c3ccccc3)C2)c1.Cl. The molecule has 0 radical (unpaired) electrons. The molecule has 1 amide bonds. The number of nitrogens with two attached hydrogens (primary N) is 1. The molecule has 0 unspecified atom stereocenters. The van der Waals surface area contributed by atoms with Crippen molar-refractivity contribution in [1.29, 1.82) is 0 Å². The Kier molecular flexibility index (Phi) is 7.66. The van der Waals surface area contributed by atoms with Crippen molar-refractivity contribution in [3.8, 4) is 5.75 Å². The smallest absolute Gasteiger partial charge is 0.236 e. The van der Waals surface area contributed by atoms with E-state index in [-0.39, 0.29) is 30.3 Å². The molecule has 0 aromatic heterocycles. The molecule has 1 aliphatic rings. The summed E-state index contributed by atoms with van der Waals surface area (Å²) < 4.78 is 5.24. The third-order valence-electron chi connectivity index (χ3n) is 5.01. The Morgan fingerprint density at radius 3 is 2.63 bits per heavy atom. The molecule has 27 heavy (non-hydrogen) atoms. The molecule has 2 N–H and O–H groups in total. The number of hydrogen-bond donors (Lipinski definition) is 1. The van der Waals surface area contributed by atoms with Gasteiger partial charge in [-0.15, -0.1) is 12.4 Å². The summed E-state index contributed by atoms with van der Waals surface area (Å²) in [6.45, 7) is 2.54. The maximum absolute atomic E-state index is 12.6. The second kappa shape index (κ2) is 9.74. The molecule has 0 spiro atoms. The molecule has 6 heteroatoms. The van der Waals surface area contributed by atoms with Gasteiger partial charge in [-0.25, -0.2) is 0 Å². The van der Waals surface area contributed by atoms with Gasteiger partial charge in [0.25, 0.3) is 0 Å². The summed E-state index contributed by atoms with van der Waals surface area (Å²) in [6.07, 6.45) is 0. The van der Waals surface area contributed by atoms with Crippen molar-refractivity contribution in [1.82, 2.24) is 9.80 Å². The summed E-state index contributed by atoms with van der Waals surface area (Å²) in [4.78, 5) is 16.5. The molecule has 1 aliphatic heterocycles. The van der Waals surface area contributed by atoms with Crippen LogP contribution in [0.5, 0.6) is 5.75 Å². The molecule has 0 bridgehead atoms. The zero-order valence-electron chi connectivity index (χ0n) is 15.9. The Bertz CT molecular complexity index is 741. The van der Waals surface area contributed by atoms with E-state index in [2.05, 4.69) is 17.0 Å². The summed E-state index contributed by atoms with van der Waals surface area (Å²) in [6, 6.07) is 18.2. The third kappa shape index (κ3) is 5.45. The number of carbonyl (C=O) groups is 1. The standard InChI is InChI=1S/C21H27N3O2.ClH/c1-23(12-16-7-6-10-18(11-16)26-2)21(25)15-24-13-19(20(22)14-24)17-8-4-3-5-9-17;/h3-11,19-20H,12-15,22H2,1-2H3;1H/t19-,20+;/m0./s1. The van der Waals surface area contributed by atoms with Gasteiger partial charge in [-0.2, -0.15) is 0 Å². The predicted molar refractivity (Wildman–Crippen MR) is 110 cm³/mol. The zero-order valence-corrected chi connectivity index (χ0v) is 16.7. The average molecular weight is 390 g/mol. The van der Waals surface area contributed by atoms with Crippen molar-refractivity contribution < 1.29 is 9.53 Å². The monoisotopic (exact) mass is 389 g/mol. The average Bonchev–Trinajstić information content (AvgIpc) is 3.02. The fourth-order valence-electron chi connectivity index (χ4n) is 3.54. The first-order valence-electron chi connectivity index (χ1n) is 8.96. The molecule has 1 heterocycles. The second-order valence-corrected chi connectivity index (χ2v) is 6.98. The lowest BCUT2D eigenvalue weighted by molar-refractivity contribution is -0.131. The van der Waals surface area contributed by atoms with Crippen LogP contribution in [0, 0.1) is 0 Å². The Morgan fingerprint density at radius 2 is 1.93 bits per heavy atom. The van der Waals surface area contributed by atoms with Crippen molar-refractivity contribution in [3.63, 3.8) is 0 Å². The van der Waals surface area contributed by atoms with Crippen LogP contribution in [0.3, 0.4) is 0 Å². The molecule has 0 saturated carbocycles. The first kappa shape index (κ1) is 21.2. The minimum Gasteiger partial charge on any atom is -0.497 e. The van der Waals surface area contributed by atoms with Gasteiger partial charge in [0.2, 0.25) is 5.91 Å². The number of likely N-dealkylation sites (N-methyl/N-ethyl adjacent to an activating group) is 1. The van der Waals surface area contributed by atoms with Gasteiger partial charge in [0.05, 0.1) is 13.7 Å². The molecule has 146 valence electrons. The van der Waals surface area contributed by atoms with Gasteiger partial charge in [-0.3, -0.25) is 9.69 Å². The summed E-state index contributed by atoms with van der Waals surface area (Å²) in [7, 11) is 3.49. The largest absolute Gasteiger partial charge is 0.497 e. The van der Waals surface area contributed by atoms with E-state index >= 15 is 0 Å². The number of carbonyl (C=O) groups excluding carboxylic acids is 1. The van der Waals surface area contributed by atoms with Crippen LogP contribution in [-0.4, -0.2) is 55.5 Å². The van der Waals surface area contributed by atoms with Gasteiger partial charge >= 0.3 is 0 Å². The van der Waals surface area contributed by atoms with Crippen LogP contribution in [0.1, 0.15) is 17.0 Å². The highest BCUT2D eigenvalue weighted by molar-refractivity contribution is 5.85. The van der Waals surface area contributed by atoms with Crippen molar-refractivity contribution in [2.45, 2.75) is 18.5 Å². The molecule has 2 atom stereocenters. The van der Waals surface area contributed by atoms with E-state index in [4.69, 9.17) is 10.5 Å². The van der Waals surface area contributed by atoms with E-state index in [1.807, 2.05) is 49.5 Å². The highest BCUT2D eigenvalue weighted by atomic mass is 35.5. The van der Waals surface area contributed by atoms with E-state index in [0.717, 1.165) is 24.4 Å². The van der Waals surface area contributed by atoms with Crippen LogP contribution in [0.25, 0.3) is 0 Å². The van der Waals surface area contributed by atoms with Crippen molar-refractivity contribution in [3.05, 3.63) is 65.7 Å². The molecule has 1 saturated heterocycles. The fourth-order valence-corrected chi connectivity index (χ4v) is 3.54. The van der Waals surface area contributed by atoms with Gasteiger partial charge in [0.15, 0.2) is 0 Å². The number of ether oxygens (including phenoxy) is 1. The lowest BCUT2D eigenvalue weighted by Crippen LogP contribution is -2.38. The van der Waals surface area contributed by atoms with Crippen LogP contribution in [-0.2, 0) is 11.3 Å². The van der Waals surface area contributed by atoms with Crippen LogP contribution in [0.4, 0.5) is 0 Å². The molecular weight excluding hydrogens is 362 g/mol. The lowest BCUT2D eigenvalue weighted by Gasteiger charge is -2.22. The summed E-state index contributed by atoms with van der Waals surface area (Å²) in [5.41, 5.74) is 8.63. The normalized spacial score (nSPS) is 19.4. The number of likely N-dealkylation sites (tertiary alicyclic amines) is 1. The maximum atomic E-state index is 12.6. The second-order valence-electron chi connectivity index (χ2n) is 6.98. The Labute approximate surface area is 167 Å². The van der Waals surface area contributed by atoms with E-state index in [1.54, 1.807) is 12.0 Å². The summed E-state index contributed by atoms with van der Waals surface area (Å²) >= 11 is 0. The van der Waals surface area contributed by atoms with Gasteiger partial charge < -0.3 is 15.4 Å². The van der Waals surface area contributed by atoms with Gasteiger partial charge in [-0.05, 0) is 23.3 Å². The van der Waals surface area contributed by atoms with Gasteiger partial charge in [0, 0.05) is 38.6 Å². The minimum atomic E-state index is 0. The molecular formula is C21H28ClN3O2. The van der Waals surface area contributed by atoms with E-state index in [9.17, 15) is 4.79 Å². The van der Waals surface area contributed by atoms with Crippen LogP contribution < -0.4 is 10.5 Å². The number of halogens is 1. The maximum Gasteiger partial charge on any atom is 0.236 e. The van der Waals surface area contributed by atoms with E-state index in [0.29, 0.717) is 13.1 Å². The Hall–Kier alpha value is -2.08. The number of amides is 1. The predicted octanol–water partition coefficient (Wildman–Crippen LogP) is 2.50. The third-order valence-corrected chi connectivity index (χ3v) is 5.01. The molecule has 2 aromatic rings. The van der Waals surface area contributed by atoms with Crippen molar-refractivity contribution >= 4 is 18.3 Å². The Morgan fingerprint density at radius 1 is 1.19 bits per heavy atom. The lowest BCUT2D eigenvalue weighted by atomic mass is 9.95. The highest BCUT2D eigenvalue weighted by Crippen LogP contribution is 2.26. The fraction of sp³-hybridized carbons (Fsp3) is 0.381. The number of methoxy groups -OCH3 is 1. The molecule has 1 fully saturated rings. The van der Waals surface area contributed by atoms with E-state index < -0.39 is 0 Å². The zero-order chi connectivity index (χ0) is 18.5. The summed E-state index contributed by atoms with van der Waals surface area (Å²) in [5.74, 6) is 1.20. The quantitative estimate of drug-likeness (QED) is 0.824. The Balaban J connectivity index is 0.00000261. The molecule has 3 rings (SSSR count). The van der Waals surface area contributed by atoms with Gasteiger partial charge in [0.1, 0.15) is 5.75 Å². The number of hydrogen-bond acceptors (Lipinski definition) is 4. The molecule has 5 nitrogen and oxygen atoms in total. The first-order valence-corrected chi connectivity index (χ1v) is 8.96. The highest BCUT2D eigenvalue weighted by Gasteiger charge is 2.32. The first-order chi connectivity index (χ1) is 12.6. The van der Waals surface area contributed by atoms with Crippen LogP contribution >= 0.6 is 12.4 Å². The minimum absolute atomic E-state index is 0. The van der Waals surface area contributed by atoms with Crippen molar-refractivity contribution in [2.75, 3.05) is 33.8 Å². The number of rotatable bonds is 6. The number of nitrogens with zero attached hydrogens (tertiary/aromatic N) is 2. The van der Waals surface area contributed by atoms with E-state index in [1.165, 1.54) is 5.56 Å². The van der Waals surface area contributed by atoms with Gasteiger partial charge in [-0.1, -0.05) is 42.5 Å². The topological polar surface area (TPSA) is 58.8 Å². The number of benzene rings is 2. The molecule has 2 aromatic carbocycles.